The van der Waals surface area contributed by atoms with Crippen molar-refractivity contribution in [3.05, 3.63) is 51.4 Å². The summed E-state index contributed by atoms with van der Waals surface area (Å²) in [4.78, 5) is 4.03. The van der Waals surface area contributed by atoms with E-state index in [0.29, 0.717) is 0 Å². The highest BCUT2D eigenvalue weighted by atomic mass is 35.5. The van der Waals surface area contributed by atoms with Crippen LogP contribution in [0, 0.1) is 0 Å². The Bertz CT molecular complexity index is 456. The second kappa shape index (κ2) is 6.15. The van der Waals surface area contributed by atoms with Gasteiger partial charge in [-0.05, 0) is 47.0 Å². The van der Waals surface area contributed by atoms with Crippen LogP contribution in [0.25, 0.3) is 0 Å². The van der Waals surface area contributed by atoms with Crippen LogP contribution in [0.1, 0.15) is 24.1 Å². The zero-order valence-corrected chi connectivity index (χ0v) is 11.3. The van der Waals surface area contributed by atoms with E-state index in [4.69, 9.17) is 11.6 Å². The second-order valence-corrected chi connectivity index (χ2v) is 5.03. The third-order valence-electron chi connectivity index (χ3n) is 2.65. The molecule has 0 amide bonds. The number of likely N-dealkylation sites (N-methyl/N-ethyl adjacent to an activating group) is 1. The SMILES string of the molecule is CCNC(Cc1ccsc1)c1ccncc1Cl. The molecule has 0 saturated heterocycles. The Morgan fingerprint density at radius 2 is 2.35 bits per heavy atom. The third-order valence-corrected chi connectivity index (χ3v) is 3.70. The van der Waals surface area contributed by atoms with Gasteiger partial charge in [0.1, 0.15) is 0 Å². The zero-order valence-electron chi connectivity index (χ0n) is 9.69. The number of hydrogen-bond donors (Lipinski definition) is 1. The number of rotatable bonds is 5. The van der Waals surface area contributed by atoms with Crippen molar-refractivity contribution in [1.29, 1.82) is 0 Å². The van der Waals surface area contributed by atoms with Crippen molar-refractivity contribution < 1.29 is 0 Å². The molecule has 0 spiro atoms. The lowest BCUT2D eigenvalue weighted by Crippen LogP contribution is -2.23. The number of aromatic nitrogens is 1. The molecule has 0 aliphatic heterocycles. The lowest BCUT2D eigenvalue weighted by molar-refractivity contribution is 0.550. The van der Waals surface area contributed by atoms with Crippen LogP contribution in [0.4, 0.5) is 0 Å². The lowest BCUT2D eigenvalue weighted by atomic mass is 10.0. The summed E-state index contributed by atoms with van der Waals surface area (Å²) in [6.45, 7) is 3.03. The van der Waals surface area contributed by atoms with Crippen molar-refractivity contribution in [2.45, 2.75) is 19.4 Å². The molecule has 2 nitrogen and oxygen atoms in total. The van der Waals surface area contributed by atoms with Crippen LogP contribution in [0.5, 0.6) is 0 Å². The molecule has 0 aromatic carbocycles. The summed E-state index contributed by atoms with van der Waals surface area (Å²) in [5.41, 5.74) is 2.46. The number of nitrogens with zero attached hydrogens (tertiary/aromatic N) is 1. The first-order chi connectivity index (χ1) is 8.31. The van der Waals surface area contributed by atoms with E-state index >= 15 is 0 Å². The molecular weight excluding hydrogens is 252 g/mol. The summed E-state index contributed by atoms with van der Waals surface area (Å²) in [6, 6.07) is 4.40. The van der Waals surface area contributed by atoms with Gasteiger partial charge in [-0.2, -0.15) is 11.3 Å². The maximum absolute atomic E-state index is 6.19. The van der Waals surface area contributed by atoms with E-state index < -0.39 is 0 Å². The molecule has 0 fully saturated rings. The zero-order chi connectivity index (χ0) is 12.1. The molecule has 0 aliphatic carbocycles. The van der Waals surface area contributed by atoms with Gasteiger partial charge in [0.25, 0.3) is 0 Å². The minimum atomic E-state index is 0.255. The summed E-state index contributed by atoms with van der Waals surface area (Å²) in [6.07, 6.45) is 4.45. The number of thiophene rings is 1. The molecule has 90 valence electrons. The fourth-order valence-electron chi connectivity index (χ4n) is 1.85. The van der Waals surface area contributed by atoms with Gasteiger partial charge in [0, 0.05) is 18.4 Å². The van der Waals surface area contributed by atoms with Crippen LogP contribution in [-0.4, -0.2) is 11.5 Å². The molecule has 4 heteroatoms. The maximum atomic E-state index is 6.19. The number of halogens is 1. The van der Waals surface area contributed by atoms with Crippen LogP contribution < -0.4 is 5.32 Å². The predicted octanol–water partition coefficient (Wildman–Crippen LogP) is 3.69. The molecule has 1 N–H and O–H groups in total. The molecule has 0 bridgehead atoms. The van der Waals surface area contributed by atoms with Gasteiger partial charge >= 0.3 is 0 Å². The Labute approximate surface area is 111 Å². The molecular formula is C13H15ClN2S. The van der Waals surface area contributed by atoms with E-state index in [2.05, 4.69) is 34.1 Å². The Hall–Kier alpha value is -0.900. The summed E-state index contributed by atoms with van der Waals surface area (Å²) < 4.78 is 0. The molecule has 17 heavy (non-hydrogen) atoms. The van der Waals surface area contributed by atoms with Gasteiger partial charge in [-0.1, -0.05) is 18.5 Å². The minimum absolute atomic E-state index is 0.255. The quantitative estimate of drug-likeness (QED) is 0.893. The van der Waals surface area contributed by atoms with Crippen molar-refractivity contribution in [2.75, 3.05) is 6.54 Å². The van der Waals surface area contributed by atoms with Gasteiger partial charge in [0.05, 0.1) is 5.02 Å². The van der Waals surface area contributed by atoms with Gasteiger partial charge in [0.2, 0.25) is 0 Å². The summed E-state index contributed by atoms with van der Waals surface area (Å²) in [5.74, 6) is 0. The van der Waals surface area contributed by atoms with E-state index in [1.54, 1.807) is 23.7 Å². The van der Waals surface area contributed by atoms with Gasteiger partial charge < -0.3 is 5.32 Å². The van der Waals surface area contributed by atoms with Gasteiger partial charge in [0.15, 0.2) is 0 Å². The summed E-state index contributed by atoms with van der Waals surface area (Å²) in [7, 11) is 0. The van der Waals surface area contributed by atoms with Gasteiger partial charge in [-0.15, -0.1) is 0 Å². The van der Waals surface area contributed by atoms with Crippen molar-refractivity contribution in [2.24, 2.45) is 0 Å². The number of hydrogen-bond acceptors (Lipinski definition) is 3. The lowest BCUT2D eigenvalue weighted by Gasteiger charge is -2.18. The molecule has 2 heterocycles. The molecule has 0 saturated carbocycles. The molecule has 2 rings (SSSR count). The van der Waals surface area contributed by atoms with E-state index in [0.717, 1.165) is 23.6 Å². The average Bonchev–Trinajstić information content (AvgIpc) is 2.82. The van der Waals surface area contributed by atoms with Crippen molar-refractivity contribution in [1.82, 2.24) is 10.3 Å². The van der Waals surface area contributed by atoms with Crippen LogP contribution in [0.2, 0.25) is 5.02 Å². The minimum Gasteiger partial charge on any atom is -0.310 e. The largest absolute Gasteiger partial charge is 0.310 e. The summed E-state index contributed by atoms with van der Waals surface area (Å²) >= 11 is 7.92. The normalized spacial score (nSPS) is 12.6. The van der Waals surface area contributed by atoms with Crippen LogP contribution in [-0.2, 0) is 6.42 Å². The number of pyridine rings is 1. The van der Waals surface area contributed by atoms with Crippen molar-refractivity contribution >= 4 is 22.9 Å². The first kappa shape index (κ1) is 12.6. The Balaban J connectivity index is 2.20. The Kier molecular flexibility index (Phi) is 4.54. The molecule has 0 radical (unpaired) electrons. The Morgan fingerprint density at radius 1 is 1.47 bits per heavy atom. The van der Waals surface area contributed by atoms with Crippen LogP contribution >= 0.6 is 22.9 Å². The molecule has 1 atom stereocenters. The smallest absolute Gasteiger partial charge is 0.0637 e. The van der Waals surface area contributed by atoms with Crippen LogP contribution in [0.15, 0.2) is 35.3 Å². The van der Waals surface area contributed by atoms with Crippen molar-refractivity contribution in [3.8, 4) is 0 Å². The third kappa shape index (κ3) is 3.28. The summed E-state index contributed by atoms with van der Waals surface area (Å²) in [5, 5.41) is 8.48. The highest BCUT2D eigenvalue weighted by Gasteiger charge is 2.14. The standard InChI is InChI=1S/C13H15ClN2S/c1-2-16-13(7-10-4-6-17-9-10)11-3-5-15-8-12(11)14/h3-6,8-9,13,16H,2,7H2,1H3. The van der Waals surface area contributed by atoms with E-state index in [1.807, 2.05) is 6.07 Å². The topological polar surface area (TPSA) is 24.9 Å². The molecule has 2 aromatic rings. The fraction of sp³-hybridized carbons (Fsp3) is 0.308. The van der Waals surface area contributed by atoms with E-state index in [-0.39, 0.29) is 6.04 Å². The number of nitrogens with one attached hydrogen (secondary N) is 1. The Morgan fingerprint density at radius 3 is 3.00 bits per heavy atom. The van der Waals surface area contributed by atoms with Crippen molar-refractivity contribution in [3.63, 3.8) is 0 Å². The fourth-order valence-corrected chi connectivity index (χ4v) is 2.78. The van der Waals surface area contributed by atoms with E-state index in [9.17, 15) is 0 Å². The molecule has 0 aliphatic rings. The second-order valence-electron chi connectivity index (χ2n) is 3.84. The average molecular weight is 267 g/mol. The highest BCUT2D eigenvalue weighted by Crippen LogP contribution is 2.25. The maximum Gasteiger partial charge on any atom is 0.0637 e. The highest BCUT2D eigenvalue weighted by molar-refractivity contribution is 7.07. The molecule has 1 unspecified atom stereocenters. The van der Waals surface area contributed by atoms with Gasteiger partial charge in [-0.3, -0.25) is 4.98 Å². The first-order valence-corrected chi connectivity index (χ1v) is 6.97. The van der Waals surface area contributed by atoms with Crippen LogP contribution in [0.3, 0.4) is 0 Å². The first-order valence-electron chi connectivity index (χ1n) is 5.65. The van der Waals surface area contributed by atoms with E-state index in [1.165, 1.54) is 5.56 Å². The monoisotopic (exact) mass is 266 g/mol. The van der Waals surface area contributed by atoms with Gasteiger partial charge in [-0.25, -0.2) is 0 Å². The predicted molar refractivity (Wildman–Crippen MR) is 73.7 cm³/mol. The molecule has 2 aromatic heterocycles.